The van der Waals surface area contributed by atoms with E-state index in [2.05, 4.69) is 0 Å². The smallest absolute Gasteiger partial charge is 0.312 e. The fourth-order valence-corrected chi connectivity index (χ4v) is 1.79. The van der Waals surface area contributed by atoms with Crippen molar-refractivity contribution in [3.05, 3.63) is 35.9 Å². The van der Waals surface area contributed by atoms with Crippen LogP contribution >= 0.6 is 0 Å². The quantitative estimate of drug-likeness (QED) is 0.713. The van der Waals surface area contributed by atoms with Crippen molar-refractivity contribution in [1.82, 2.24) is 0 Å². The minimum atomic E-state index is -1.49. The summed E-state index contributed by atoms with van der Waals surface area (Å²) in [5, 5.41) is 0. The predicted molar refractivity (Wildman–Crippen MR) is 54.0 cm³/mol. The van der Waals surface area contributed by atoms with Crippen LogP contribution in [0.25, 0.3) is 0 Å². The van der Waals surface area contributed by atoms with Gasteiger partial charge in [-0.15, -0.1) is 0 Å². The first-order valence-electron chi connectivity index (χ1n) is 5.09. The molecule has 15 heavy (non-hydrogen) atoms. The molecule has 0 radical (unpaired) electrons. The Kier molecular flexibility index (Phi) is 2.47. The maximum atomic E-state index is 14.2. The second-order valence-corrected chi connectivity index (χ2v) is 3.74. The first-order chi connectivity index (χ1) is 7.18. The van der Waals surface area contributed by atoms with Gasteiger partial charge in [-0.25, -0.2) is 4.39 Å². The van der Waals surface area contributed by atoms with Crippen LogP contribution in [0.4, 0.5) is 4.39 Å². The fraction of sp³-hybridized carbons (Fsp3) is 0.417. The van der Waals surface area contributed by atoms with Gasteiger partial charge in [0.25, 0.3) is 0 Å². The molecule has 1 saturated carbocycles. The van der Waals surface area contributed by atoms with E-state index < -0.39 is 17.6 Å². The van der Waals surface area contributed by atoms with Crippen LogP contribution < -0.4 is 0 Å². The maximum Gasteiger partial charge on any atom is 0.312 e. The highest BCUT2D eigenvalue weighted by molar-refractivity contribution is 5.78. The summed E-state index contributed by atoms with van der Waals surface area (Å²) in [5.41, 5.74) is -0.920. The van der Waals surface area contributed by atoms with Gasteiger partial charge >= 0.3 is 5.97 Å². The zero-order chi connectivity index (χ0) is 10.9. The Bertz CT molecular complexity index is 363. The molecule has 2 atom stereocenters. The van der Waals surface area contributed by atoms with E-state index in [1.54, 1.807) is 31.2 Å². The highest BCUT2D eigenvalue weighted by atomic mass is 19.1. The second kappa shape index (κ2) is 3.65. The number of esters is 1. The van der Waals surface area contributed by atoms with Gasteiger partial charge in [0.2, 0.25) is 0 Å². The molecule has 0 spiro atoms. The molecule has 0 bridgehead atoms. The van der Waals surface area contributed by atoms with E-state index >= 15 is 0 Å². The molecule has 3 heteroatoms. The Hall–Kier alpha value is -1.38. The van der Waals surface area contributed by atoms with Crippen molar-refractivity contribution in [3.8, 4) is 0 Å². The molecule has 2 rings (SSSR count). The van der Waals surface area contributed by atoms with Gasteiger partial charge in [-0.2, -0.15) is 0 Å². The third kappa shape index (κ3) is 1.74. The molecule has 0 heterocycles. The van der Waals surface area contributed by atoms with Crippen molar-refractivity contribution in [2.24, 2.45) is 5.92 Å². The van der Waals surface area contributed by atoms with Crippen molar-refractivity contribution >= 4 is 5.97 Å². The van der Waals surface area contributed by atoms with Gasteiger partial charge < -0.3 is 4.74 Å². The highest BCUT2D eigenvalue weighted by Crippen LogP contribution is 2.56. The lowest BCUT2D eigenvalue weighted by Gasteiger charge is -2.07. The summed E-state index contributed by atoms with van der Waals surface area (Å²) in [5.74, 6) is -1.04. The van der Waals surface area contributed by atoms with E-state index in [0.29, 0.717) is 12.2 Å². The number of benzene rings is 1. The molecule has 1 aliphatic rings. The van der Waals surface area contributed by atoms with Crippen molar-refractivity contribution in [3.63, 3.8) is 0 Å². The first kappa shape index (κ1) is 10.1. The van der Waals surface area contributed by atoms with Gasteiger partial charge in [-0.05, 0) is 12.5 Å². The lowest BCUT2D eigenvalue weighted by Crippen LogP contribution is -2.13. The molecule has 0 aliphatic heterocycles. The molecule has 1 unspecified atom stereocenters. The standard InChI is InChI=1S/C12H13FO2/c1-2-15-11(14)10-8-12(10,13)9-6-4-3-5-7-9/h3-7,10H,2,8H2,1H3/t10-,12?/m0/s1. The zero-order valence-corrected chi connectivity index (χ0v) is 8.57. The summed E-state index contributed by atoms with van der Waals surface area (Å²) in [7, 11) is 0. The zero-order valence-electron chi connectivity index (χ0n) is 8.57. The summed E-state index contributed by atoms with van der Waals surface area (Å²) in [6, 6.07) is 8.79. The number of ether oxygens (including phenoxy) is 1. The van der Waals surface area contributed by atoms with E-state index in [-0.39, 0.29) is 6.42 Å². The van der Waals surface area contributed by atoms with Gasteiger partial charge in [-0.3, -0.25) is 4.79 Å². The minimum absolute atomic E-state index is 0.246. The molecular formula is C12H13FO2. The van der Waals surface area contributed by atoms with Crippen LogP contribution in [0.5, 0.6) is 0 Å². The largest absolute Gasteiger partial charge is 0.466 e. The fourth-order valence-electron chi connectivity index (χ4n) is 1.79. The third-order valence-corrected chi connectivity index (χ3v) is 2.72. The molecular weight excluding hydrogens is 195 g/mol. The van der Waals surface area contributed by atoms with Gasteiger partial charge in [0.15, 0.2) is 0 Å². The number of hydrogen-bond acceptors (Lipinski definition) is 2. The third-order valence-electron chi connectivity index (χ3n) is 2.72. The molecule has 0 amide bonds. The monoisotopic (exact) mass is 208 g/mol. The Morgan fingerprint density at radius 3 is 2.80 bits per heavy atom. The number of carbonyl (C=O) groups excluding carboxylic acids is 1. The van der Waals surface area contributed by atoms with Gasteiger partial charge in [0.1, 0.15) is 5.67 Å². The molecule has 80 valence electrons. The van der Waals surface area contributed by atoms with Crippen LogP contribution in [0.2, 0.25) is 0 Å². The average molecular weight is 208 g/mol. The van der Waals surface area contributed by atoms with E-state index in [4.69, 9.17) is 4.74 Å². The Morgan fingerprint density at radius 1 is 1.53 bits per heavy atom. The molecule has 1 aromatic rings. The van der Waals surface area contributed by atoms with Crippen molar-refractivity contribution in [2.75, 3.05) is 6.61 Å². The molecule has 2 nitrogen and oxygen atoms in total. The number of alkyl halides is 1. The summed E-state index contributed by atoms with van der Waals surface area (Å²) < 4.78 is 19.0. The number of rotatable bonds is 3. The lowest BCUT2D eigenvalue weighted by atomic mass is 10.1. The van der Waals surface area contributed by atoms with Crippen LogP contribution in [-0.2, 0) is 15.2 Å². The number of hydrogen-bond donors (Lipinski definition) is 0. The van der Waals surface area contributed by atoms with Crippen LogP contribution in [0.15, 0.2) is 30.3 Å². The second-order valence-electron chi connectivity index (χ2n) is 3.74. The number of carbonyl (C=O) groups is 1. The normalized spacial score (nSPS) is 28.5. The Balaban J connectivity index is 2.10. The van der Waals surface area contributed by atoms with E-state index in [9.17, 15) is 9.18 Å². The van der Waals surface area contributed by atoms with Crippen molar-refractivity contribution in [1.29, 1.82) is 0 Å². The average Bonchev–Trinajstić information content (AvgIpc) is 2.94. The van der Waals surface area contributed by atoms with Crippen molar-refractivity contribution in [2.45, 2.75) is 19.0 Å². The Labute approximate surface area is 88.1 Å². The minimum Gasteiger partial charge on any atom is -0.466 e. The molecule has 1 fully saturated rings. The molecule has 1 aromatic carbocycles. The SMILES string of the molecule is CCOC(=O)[C@@H]1CC1(F)c1ccccc1. The summed E-state index contributed by atoms with van der Waals surface area (Å²) in [6.45, 7) is 2.03. The maximum absolute atomic E-state index is 14.2. The van der Waals surface area contributed by atoms with Gasteiger partial charge in [0.05, 0.1) is 12.5 Å². The first-order valence-corrected chi connectivity index (χ1v) is 5.09. The molecule has 1 aliphatic carbocycles. The molecule has 0 saturated heterocycles. The predicted octanol–water partition coefficient (Wildman–Crippen LogP) is 2.43. The van der Waals surface area contributed by atoms with E-state index in [1.165, 1.54) is 0 Å². The summed E-state index contributed by atoms with van der Waals surface area (Å²) in [4.78, 5) is 11.3. The van der Waals surface area contributed by atoms with E-state index in [1.807, 2.05) is 6.07 Å². The number of halogens is 1. The van der Waals surface area contributed by atoms with Crippen LogP contribution in [0.1, 0.15) is 18.9 Å². The van der Waals surface area contributed by atoms with Gasteiger partial charge in [-0.1, -0.05) is 30.3 Å². The topological polar surface area (TPSA) is 26.3 Å². The van der Waals surface area contributed by atoms with Crippen molar-refractivity contribution < 1.29 is 13.9 Å². The summed E-state index contributed by atoms with van der Waals surface area (Å²) >= 11 is 0. The van der Waals surface area contributed by atoms with Crippen LogP contribution in [0.3, 0.4) is 0 Å². The van der Waals surface area contributed by atoms with Crippen LogP contribution in [0, 0.1) is 5.92 Å². The van der Waals surface area contributed by atoms with Gasteiger partial charge in [0, 0.05) is 6.42 Å². The molecule has 0 aromatic heterocycles. The highest BCUT2D eigenvalue weighted by Gasteiger charge is 2.61. The van der Waals surface area contributed by atoms with Crippen LogP contribution in [-0.4, -0.2) is 12.6 Å². The lowest BCUT2D eigenvalue weighted by molar-refractivity contribution is -0.145. The Morgan fingerprint density at radius 2 is 2.20 bits per heavy atom. The summed E-state index contributed by atoms with van der Waals surface area (Å²) in [6.07, 6.45) is 0.246. The van der Waals surface area contributed by atoms with E-state index in [0.717, 1.165) is 0 Å². The molecule has 0 N–H and O–H groups in total.